The molecule has 0 aliphatic heterocycles. The van der Waals surface area contributed by atoms with E-state index in [0.717, 1.165) is 6.42 Å². The average molecular weight is 235 g/mol. The van der Waals surface area contributed by atoms with Crippen LogP contribution in [0.4, 0.5) is 0 Å². The number of sulfonamides is 1. The first kappa shape index (κ1) is 12.9. The van der Waals surface area contributed by atoms with E-state index >= 15 is 0 Å². The van der Waals surface area contributed by atoms with Crippen LogP contribution in [-0.2, 0) is 14.8 Å². The van der Waals surface area contributed by atoms with Crippen LogP contribution in [0, 0.1) is 5.41 Å². The maximum absolute atomic E-state index is 11.6. The molecule has 1 aliphatic rings. The van der Waals surface area contributed by atoms with E-state index in [4.69, 9.17) is 4.74 Å². The predicted molar refractivity (Wildman–Crippen MR) is 60.2 cm³/mol. The van der Waals surface area contributed by atoms with Crippen molar-refractivity contribution in [2.45, 2.75) is 45.8 Å². The first-order valence-electron chi connectivity index (χ1n) is 5.36. The summed E-state index contributed by atoms with van der Waals surface area (Å²) in [6, 6.07) is 0.0130. The van der Waals surface area contributed by atoms with Crippen molar-refractivity contribution in [3.05, 3.63) is 0 Å². The summed E-state index contributed by atoms with van der Waals surface area (Å²) < 4.78 is 31.1. The van der Waals surface area contributed by atoms with E-state index < -0.39 is 10.0 Å². The molecule has 2 unspecified atom stereocenters. The van der Waals surface area contributed by atoms with Crippen molar-refractivity contribution in [2.75, 3.05) is 12.9 Å². The predicted octanol–water partition coefficient (Wildman–Crippen LogP) is 1.13. The van der Waals surface area contributed by atoms with Gasteiger partial charge >= 0.3 is 0 Å². The van der Waals surface area contributed by atoms with Crippen LogP contribution in [-0.4, -0.2) is 33.4 Å². The van der Waals surface area contributed by atoms with Crippen LogP contribution < -0.4 is 4.72 Å². The normalized spacial score (nSPS) is 29.9. The van der Waals surface area contributed by atoms with Crippen molar-refractivity contribution in [2.24, 2.45) is 5.41 Å². The quantitative estimate of drug-likeness (QED) is 0.777. The summed E-state index contributed by atoms with van der Waals surface area (Å²) in [6.45, 7) is 5.93. The second kappa shape index (κ2) is 4.39. The summed E-state index contributed by atoms with van der Waals surface area (Å²) in [5.41, 5.74) is -0.102. The number of methoxy groups -OCH3 is 1. The van der Waals surface area contributed by atoms with E-state index in [-0.39, 0.29) is 23.3 Å². The molecule has 1 aliphatic carbocycles. The maximum Gasteiger partial charge on any atom is 0.211 e. The van der Waals surface area contributed by atoms with E-state index in [1.54, 1.807) is 7.11 Å². The Morgan fingerprint density at radius 3 is 2.47 bits per heavy atom. The van der Waals surface area contributed by atoms with Gasteiger partial charge in [-0.3, -0.25) is 0 Å². The third-order valence-corrected chi connectivity index (χ3v) is 4.85. The molecule has 1 N–H and O–H groups in total. The minimum Gasteiger partial charge on any atom is -0.381 e. The van der Waals surface area contributed by atoms with Gasteiger partial charge in [-0.25, -0.2) is 13.1 Å². The molecule has 0 spiro atoms. The van der Waals surface area contributed by atoms with Gasteiger partial charge in [-0.15, -0.1) is 0 Å². The Hall–Kier alpha value is -0.130. The first-order valence-corrected chi connectivity index (χ1v) is 7.01. The SMILES string of the molecule is CCCS(=O)(=O)NC1CC(OC)C1(C)C. The molecule has 0 heterocycles. The summed E-state index contributed by atoms with van der Waals surface area (Å²) >= 11 is 0. The molecular formula is C10H21NO3S. The topological polar surface area (TPSA) is 55.4 Å². The number of rotatable bonds is 5. The lowest BCUT2D eigenvalue weighted by Gasteiger charge is -2.50. The molecule has 15 heavy (non-hydrogen) atoms. The maximum atomic E-state index is 11.6. The molecule has 90 valence electrons. The zero-order valence-corrected chi connectivity index (χ0v) is 10.7. The lowest BCUT2D eigenvalue weighted by molar-refractivity contribution is -0.0908. The third-order valence-electron chi connectivity index (χ3n) is 3.26. The van der Waals surface area contributed by atoms with Gasteiger partial charge in [0.1, 0.15) is 0 Å². The molecule has 0 bridgehead atoms. The number of hydrogen-bond acceptors (Lipinski definition) is 3. The van der Waals surface area contributed by atoms with E-state index in [1.807, 2.05) is 20.8 Å². The number of hydrogen-bond donors (Lipinski definition) is 1. The van der Waals surface area contributed by atoms with Gasteiger partial charge in [-0.1, -0.05) is 20.8 Å². The minimum absolute atomic E-state index is 0.0130. The van der Waals surface area contributed by atoms with Crippen LogP contribution in [0.2, 0.25) is 0 Å². The third kappa shape index (κ3) is 2.71. The van der Waals surface area contributed by atoms with E-state index in [9.17, 15) is 8.42 Å². The van der Waals surface area contributed by atoms with Crippen LogP contribution in [0.1, 0.15) is 33.6 Å². The Labute approximate surface area is 92.4 Å². The Bertz CT molecular complexity index is 311. The van der Waals surface area contributed by atoms with Crippen molar-refractivity contribution in [3.8, 4) is 0 Å². The Balaban J connectivity index is 2.56. The van der Waals surface area contributed by atoms with Gasteiger partial charge in [0.25, 0.3) is 0 Å². The molecule has 4 nitrogen and oxygen atoms in total. The minimum atomic E-state index is -3.10. The van der Waals surface area contributed by atoms with Crippen molar-refractivity contribution in [1.29, 1.82) is 0 Å². The fraction of sp³-hybridized carbons (Fsp3) is 1.00. The fourth-order valence-electron chi connectivity index (χ4n) is 2.03. The Morgan fingerprint density at radius 2 is 2.07 bits per heavy atom. The van der Waals surface area contributed by atoms with Crippen LogP contribution in [0.15, 0.2) is 0 Å². The van der Waals surface area contributed by atoms with Gasteiger partial charge in [-0.2, -0.15) is 0 Å². The molecule has 0 radical (unpaired) electrons. The largest absolute Gasteiger partial charge is 0.381 e. The van der Waals surface area contributed by atoms with Crippen molar-refractivity contribution in [3.63, 3.8) is 0 Å². The van der Waals surface area contributed by atoms with Crippen LogP contribution >= 0.6 is 0 Å². The summed E-state index contributed by atoms with van der Waals surface area (Å²) in [5, 5.41) is 0. The van der Waals surface area contributed by atoms with Crippen molar-refractivity contribution >= 4 is 10.0 Å². The highest BCUT2D eigenvalue weighted by molar-refractivity contribution is 7.89. The monoisotopic (exact) mass is 235 g/mol. The summed E-state index contributed by atoms with van der Waals surface area (Å²) in [7, 11) is -1.43. The Morgan fingerprint density at radius 1 is 1.47 bits per heavy atom. The lowest BCUT2D eigenvalue weighted by Crippen LogP contribution is -2.61. The lowest BCUT2D eigenvalue weighted by atomic mass is 9.65. The summed E-state index contributed by atoms with van der Waals surface area (Å²) in [5.74, 6) is 0.206. The van der Waals surface area contributed by atoms with Gasteiger partial charge in [0, 0.05) is 18.6 Å². The zero-order chi connectivity index (χ0) is 11.7. The summed E-state index contributed by atoms with van der Waals surface area (Å²) in [4.78, 5) is 0. The van der Waals surface area contributed by atoms with Crippen LogP contribution in [0.25, 0.3) is 0 Å². The molecule has 5 heteroatoms. The van der Waals surface area contributed by atoms with Crippen molar-refractivity contribution in [1.82, 2.24) is 4.72 Å². The van der Waals surface area contributed by atoms with E-state index in [1.165, 1.54) is 0 Å². The summed E-state index contributed by atoms with van der Waals surface area (Å²) in [6.07, 6.45) is 1.58. The highest BCUT2D eigenvalue weighted by atomic mass is 32.2. The number of nitrogens with one attached hydrogen (secondary N) is 1. The molecule has 0 aromatic carbocycles. The highest BCUT2D eigenvalue weighted by Gasteiger charge is 2.49. The average Bonchev–Trinajstić information content (AvgIpc) is 2.11. The van der Waals surface area contributed by atoms with Gasteiger partial charge in [-0.05, 0) is 12.8 Å². The highest BCUT2D eigenvalue weighted by Crippen LogP contribution is 2.42. The van der Waals surface area contributed by atoms with Crippen LogP contribution in [0.5, 0.6) is 0 Å². The molecule has 0 amide bonds. The fourth-order valence-corrected chi connectivity index (χ4v) is 3.52. The second-order valence-electron chi connectivity index (χ2n) is 4.77. The zero-order valence-electron chi connectivity index (χ0n) is 9.91. The molecule has 1 rings (SSSR count). The van der Waals surface area contributed by atoms with E-state index in [0.29, 0.717) is 6.42 Å². The molecule has 0 saturated heterocycles. The molecule has 1 fully saturated rings. The second-order valence-corrected chi connectivity index (χ2v) is 6.64. The van der Waals surface area contributed by atoms with Crippen LogP contribution in [0.3, 0.4) is 0 Å². The van der Waals surface area contributed by atoms with E-state index in [2.05, 4.69) is 4.72 Å². The molecular weight excluding hydrogens is 214 g/mol. The van der Waals surface area contributed by atoms with Crippen molar-refractivity contribution < 1.29 is 13.2 Å². The van der Waals surface area contributed by atoms with Gasteiger partial charge in [0.15, 0.2) is 0 Å². The smallest absolute Gasteiger partial charge is 0.211 e. The Kier molecular flexibility index (Phi) is 3.79. The van der Waals surface area contributed by atoms with Gasteiger partial charge in [0.2, 0.25) is 10.0 Å². The standard InChI is InChI=1S/C10H21NO3S/c1-5-6-15(12,13)11-8-7-9(14-4)10(8,2)3/h8-9,11H,5-7H2,1-4H3. The number of ether oxygens (including phenoxy) is 1. The molecule has 1 saturated carbocycles. The molecule has 2 atom stereocenters. The molecule has 0 aromatic rings. The van der Waals surface area contributed by atoms with Gasteiger partial charge in [0.05, 0.1) is 11.9 Å². The van der Waals surface area contributed by atoms with Gasteiger partial charge < -0.3 is 4.74 Å². The molecule has 0 aromatic heterocycles. The first-order chi connectivity index (χ1) is 6.83.